The molecule has 1 fully saturated rings. The monoisotopic (exact) mass is 294 g/mol. The minimum atomic E-state index is 0.122. The van der Waals surface area contributed by atoms with E-state index < -0.39 is 0 Å². The summed E-state index contributed by atoms with van der Waals surface area (Å²) >= 11 is 5.00. The molecule has 0 aliphatic carbocycles. The summed E-state index contributed by atoms with van der Waals surface area (Å²) in [6.07, 6.45) is 0.122. The SMILES string of the molecule is CCN1CCOC(COc2cc(C(N)=S)ccc2C)C1. The third-order valence-electron chi connectivity index (χ3n) is 3.57. The lowest BCUT2D eigenvalue weighted by Gasteiger charge is -2.32. The molecule has 0 aromatic heterocycles. The molecular formula is C15H22N2O2S. The van der Waals surface area contributed by atoms with Gasteiger partial charge in [-0.15, -0.1) is 0 Å². The van der Waals surface area contributed by atoms with Gasteiger partial charge in [0.25, 0.3) is 0 Å². The van der Waals surface area contributed by atoms with Crippen molar-refractivity contribution >= 4 is 17.2 Å². The van der Waals surface area contributed by atoms with Gasteiger partial charge in [-0.25, -0.2) is 0 Å². The highest BCUT2D eigenvalue weighted by atomic mass is 32.1. The average Bonchev–Trinajstić information content (AvgIpc) is 2.46. The van der Waals surface area contributed by atoms with Gasteiger partial charge in [0, 0.05) is 18.7 Å². The number of likely N-dealkylation sites (N-methyl/N-ethyl adjacent to an activating group) is 1. The van der Waals surface area contributed by atoms with E-state index in [1.807, 2.05) is 25.1 Å². The molecule has 0 spiro atoms. The van der Waals surface area contributed by atoms with E-state index in [0.717, 1.165) is 43.1 Å². The second-order valence-electron chi connectivity index (χ2n) is 5.04. The van der Waals surface area contributed by atoms with Crippen molar-refractivity contribution in [1.29, 1.82) is 0 Å². The molecule has 1 heterocycles. The number of morpholine rings is 1. The molecule has 0 radical (unpaired) electrons. The van der Waals surface area contributed by atoms with Gasteiger partial charge < -0.3 is 15.2 Å². The van der Waals surface area contributed by atoms with Gasteiger partial charge in [0.05, 0.1) is 6.61 Å². The minimum Gasteiger partial charge on any atom is -0.491 e. The van der Waals surface area contributed by atoms with E-state index in [-0.39, 0.29) is 6.10 Å². The van der Waals surface area contributed by atoms with Crippen molar-refractivity contribution < 1.29 is 9.47 Å². The van der Waals surface area contributed by atoms with Gasteiger partial charge in [-0.3, -0.25) is 4.90 Å². The first kappa shape index (κ1) is 15.2. The zero-order valence-corrected chi connectivity index (χ0v) is 12.9. The zero-order valence-electron chi connectivity index (χ0n) is 12.1. The van der Waals surface area contributed by atoms with Crippen LogP contribution in [0.25, 0.3) is 0 Å². The van der Waals surface area contributed by atoms with E-state index >= 15 is 0 Å². The van der Waals surface area contributed by atoms with E-state index in [1.165, 1.54) is 0 Å². The Morgan fingerprint density at radius 1 is 1.55 bits per heavy atom. The van der Waals surface area contributed by atoms with E-state index in [4.69, 9.17) is 27.4 Å². The van der Waals surface area contributed by atoms with Crippen molar-refractivity contribution in [1.82, 2.24) is 4.90 Å². The Labute approximate surface area is 125 Å². The Hall–Kier alpha value is -1.17. The molecule has 1 atom stereocenters. The summed E-state index contributed by atoms with van der Waals surface area (Å²) in [5, 5.41) is 0. The molecule has 1 unspecified atom stereocenters. The van der Waals surface area contributed by atoms with Crippen molar-refractivity contribution in [3.8, 4) is 5.75 Å². The standard InChI is InChI=1S/C15H22N2O2S/c1-3-17-6-7-18-13(9-17)10-19-14-8-12(15(16)20)5-4-11(14)2/h4-5,8,13H,3,6-7,9-10H2,1-2H3,(H2,16,20). The van der Waals surface area contributed by atoms with Gasteiger partial charge in [-0.2, -0.15) is 0 Å². The Morgan fingerprint density at radius 3 is 3.05 bits per heavy atom. The van der Waals surface area contributed by atoms with Crippen molar-refractivity contribution in [3.63, 3.8) is 0 Å². The molecule has 5 heteroatoms. The highest BCUT2D eigenvalue weighted by molar-refractivity contribution is 7.80. The fourth-order valence-electron chi connectivity index (χ4n) is 2.26. The summed E-state index contributed by atoms with van der Waals surface area (Å²) in [5.41, 5.74) is 7.56. The van der Waals surface area contributed by atoms with Gasteiger partial charge in [0.2, 0.25) is 0 Å². The first-order valence-corrected chi connectivity index (χ1v) is 7.38. The van der Waals surface area contributed by atoms with Crippen LogP contribution in [0.1, 0.15) is 18.1 Å². The van der Waals surface area contributed by atoms with E-state index in [1.54, 1.807) is 0 Å². The van der Waals surface area contributed by atoms with Crippen LogP contribution >= 0.6 is 12.2 Å². The molecular weight excluding hydrogens is 272 g/mol. The fraction of sp³-hybridized carbons (Fsp3) is 0.533. The molecule has 20 heavy (non-hydrogen) atoms. The third-order valence-corrected chi connectivity index (χ3v) is 3.80. The second-order valence-corrected chi connectivity index (χ2v) is 5.48. The van der Waals surface area contributed by atoms with Gasteiger partial charge in [-0.05, 0) is 25.1 Å². The highest BCUT2D eigenvalue weighted by Crippen LogP contribution is 2.20. The first-order valence-electron chi connectivity index (χ1n) is 6.97. The lowest BCUT2D eigenvalue weighted by atomic mass is 10.1. The molecule has 1 aromatic rings. The van der Waals surface area contributed by atoms with Crippen LogP contribution in [-0.2, 0) is 4.74 Å². The van der Waals surface area contributed by atoms with Crippen LogP contribution in [0.15, 0.2) is 18.2 Å². The van der Waals surface area contributed by atoms with Crippen LogP contribution < -0.4 is 10.5 Å². The van der Waals surface area contributed by atoms with Crippen molar-refractivity contribution in [2.24, 2.45) is 5.73 Å². The number of nitrogens with zero attached hydrogens (tertiary/aromatic N) is 1. The minimum absolute atomic E-state index is 0.122. The van der Waals surface area contributed by atoms with Gasteiger partial charge in [0.1, 0.15) is 23.4 Å². The Kier molecular flexibility index (Phi) is 5.34. The van der Waals surface area contributed by atoms with Crippen LogP contribution in [0.2, 0.25) is 0 Å². The van der Waals surface area contributed by atoms with Gasteiger partial charge in [-0.1, -0.05) is 31.3 Å². The number of thiocarbonyl (C=S) groups is 1. The third kappa shape index (κ3) is 3.91. The summed E-state index contributed by atoms with van der Waals surface area (Å²) in [7, 11) is 0. The van der Waals surface area contributed by atoms with Crippen LogP contribution in [-0.4, -0.2) is 48.8 Å². The number of rotatable bonds is 5. The molecule has 1 aliphatic heterocycles. The number of benzene rings is 1. The second kappa shape index (κ2) is 7.02. The van der Waals surface area contributed by atoms with E-state index in [9.17, 15) is 0 Å². The first-order chi connectivity index (χ1) is 9.60. The lowest BCUT2D eigenvalue weighted by Crippen LogP contribution is -2.44. The van der Waals surface area contributed by atoms with Crippen LogP contribution in [0.5, 0.6) is 5.75 Å². The smallest absolute Gasteiger partial charge is 0.123 e. The molecule has 0 bridgehead atoms. The zero-order chi connectivity index (χ0) is 14.5. The molecule has 4 nitrogen and oxygen atoms in total. The highest BCUT2D eigenvalue weighted by Gasteiger charge is 2.20. The van der Waals surface area contributed by atoms with E-state index in [2.05, 4.69) is 11.8 Å². The number of hydrogen-bond acceptors (Lipinski definition) is 4. The predicted octanol–water partition coefficient (Wildman–Crippen LogP) is 1.73. The summed E-state index contributed by atoms with van der Waals surface area (Å²) in [4.78, 5) is 2.76. The maximum absolute atomic E-state index is 5.89. The number of hydrogen-bond donors (Lipinski definition) is 1. The number of nitrogens with two attached hydrogens (primary N) is 1. The number of ether oxygens (including phenoxy) is 2. The Bertz CT molecular complexity index is 479. The van der Waals surface area contributed by atoms with Gasteiger partial charge in [0.15, 0.2) is 0 Å². The van der Waals surface area contributed by atoms with Crippen molar-refractivity contribution in [2.75, 3.05) is 32.8 Å². The molecule has 1 aromatic carbocycles. The molecule has 0 saturated carbocycles. The lowest BCUT2D eigenvalue weighted by molar-refractivity contribution is -0.0464. The predicted molar refractivity (Wildman–Crippen MR) is 84.4 cm³/mol. The van der Waals surface area contributed by atoms with Crippen molar-refractivity contribution in [3.05, 3.63) is 29.3 Å². The maximum Gasteiger partial charge on any atom is 0.123 e. The van der Waals surface area contributed by atoms with Crippen molar-refractivity contribution in [2.45, 2.75) is 20.0 Å². The number of aryl methyl sites for hydroxylation is 1. The summed E-state index contributed by atoms with van der Waals surface area (Å²) in [6, 6.07) is 5.79. The van der Waals surface area contributed by atoms with Crippen LogP contribution in [0.3, 0.4) is 0 Å². The summed E-state index contributed by atoms with van der Waals surface area (Å²) in [6.45, 7) is 8.48. The van der Waals surface area contributed by atoms with Crippen LogP contribution in [0.4, 0.5) is 0 Å². The quantitative estimate of drug-likeness (QED) is 0.838. The Balaban J connectivity index is 1.96. The van der Waals surface area contributed by atoms with Gasteiger partial charge >= 0.3 is 0 Å². The molecule has 1 aliphatic rings. The molecule has 0 amide bonds. The molecule has 110 valence electrons. The fourth-order valence-corrected chi connectivity index (χ4v) is 2.39. The normalized spacial score (nSPS) is 19.8. The summed E-state index contributed by atoms with van der Waals surface area (Å²) in [5.74, 6) is 0.826. The topological polar surface area (TPSA) is 47.7 Å². The molecule has 1 saturated heterocycles. The maximum atomic E-state index is 5.89. The summed E-state index contributed by atoms with van der Waals surface area (Å²) < 4.78 is 11.6. The largest absolute Gasteiger partial charge is 0.491 e. The van der Waals surface area contributed by atoms with Crippen LogP contribution in [0, 0.1) is 6.92 Å². The molecule has 2 N–H and O–H groups in total. The Morgan fingerprint density at radius 2 is 2.35 bits per heavy atom. The average molecular weight is 294 g/mol. The van der Waals surface area contributed by atoms with E-state index in [0.29, 0.717) is 11.6 Å². The molecule has 2 rings (SSSR count).